The van der Waals surface area contributed by atoms with Crippen molar-refractivity contribution in [3.63, 3.8) is 0 Å². The summed E-state index contributed by atoms with van der Waals surface area (Å²) in [4.78, 5) is 22.3. The lowest BCUT2D eigenvalue weighted by atomic mass is 10.1. The van der Waals surface area contributed by atoms with Crippen LogP contribution in [0.1, 0.15) is 27.2 Å². The van der Waals surface area contributed by atoms with Gasteiger partial charge in [0.1, 0.15) is 11.6 Å². The number of hydrogen-bond acceptors (Lipinski definition) is 4. The summed E-state index contributed by atoms with van der Waals surface area (Å²) >= 11 is 0. The number of alkyl carbamates (subject to hydrolysis) is 1. The first-order chi connectivity index (χ1) is 7.65. The highest BCUT2D eigenvalue weighted by Crippen LogP contribution is 2.07. The molecule has 0 spiro atoms. The predicted octanol–water partition coefficient (Wildman–Crippen LogP) is 0.868. The summed E-state index contributed by atoms with van der Waals surface area (Å²) in [5, 5.41) is 11.2. The smallest absolute Gasteiger partial charge is 0.408 e. The third kappa shape index (κ3) is 7.35. The lowest BCUT2D eigenvalue weighted by Gasteiger charge is -2.22. The van der Waals surface area contributed by atoms with E-state index in [1.165, 1.54) is 6.08 Å². The Morgan fingerprint density at radius 1 is 1.53 bits per heavy atom. The van der Waals surface area contributed by atoms with Crippen molar-refractivity contribution in [2.24, 2.45) is 5.73 Å². The number of carbonyl (C=O) groups excluding carboxylic acids is 1. The minimum Gasteiger partial charge on any atom is -0.480 e. The molecule has 2 atom stereocenters. The van der Waals surface area contributed by atoms with E-state index in [-0.39, 0.29) is 6.42 Å². The Hall–Kier alpha value is -1.56. The molecule has 0 aromatic carbocycles. The molecule has 0 aliphatic carbocycles. The van der Waals surface area contributed by atoms with Gasteiger partial charge in [-0.15, -0.1) is 6.58 Å². The first kappa shape index (κ1) is 15.4. The van der Waals surface area contributed by atoms with Crippen molar-refractivity contribution < 1.29 is 19.4 Å². The van der Waals surface area contributed by atoms with Crippen LogP contribution in [0.25, 0.3) is 0 Å². The number of ether oxygens (including phenoxy) is 1. The number of aliphatic carboxylic acids is 1. The molecule has 0 aromatic heterocycles. The summed E-state index contributed by atoms with van der Waals surface area (Å²) in [5.41, 5.74) is 4.87. The van der Waals surface area contributed by atoms with Crippen molar-refractivity contribution in [3.8, 4) is 0 Å². The predicted molar refractivity (Wildman–Crippen MR) is 63.6 cm³/mol. The van der Waals surface area contributed by atoms with E-state index in [4.69, 9.17) is 15.6 Å². The first-order valence-electron chi connectivity index (χ1n) is 5.26. The average Bonchev–Trinajstić information content (AvgIpc) is 2.13. The van der Waals surface area contributed by atoms with Crippen molar-refractivity contribution in [2.75, 3.05) is 0 Å². The van der Waals surface area contributed by atoms with Crippen LogP contribution >= 0.6 is 0 Å². The Kier molecular flexibility index (Phi) is 5.67. The van der Waals surface area contributed by atoms with Crippen LogP contribution in [0.5, 0.6) is 0 Å². The van der Waals surface area contributed by atoms with Gasteiger partial charge in [-0.25, -0.2) is 9.59 Å². The summed E-state index contributed by atoms with van der Waals surface area (Å²) in [5.74, 6) is -1.16. The van der Waals surface area contributed by atoms with Crippen LogP contribution in [-0.4, -0.2) is 34.9 Å². The van der Waals surface area contributed by atoms with E-state index in [0.717, 1.165) is 0 Å². The molecule has 0 radical (unpaired) electrons. The van der Waals surface area contributed by atoms with E-state index >= 15 is 0 Å². The van der Waals surface area contributed by atoms with Gasteiger partial charge in [-0.2, -0.15) is 0 Å². The number of rotatable bonds is 5. The van der Waals surface area contributed by atoms with Gasteiger partial charge in [-0.3, -0.25) is 0 Å². The molecule has 98 valence electrons. The van der Waals surface area contributed by atoms with Crippen LogP contribution in [0.3, 0.4) is 0 Å². The van der Waals surface area contributed by atoms with E-state index in [9.17, 15) is 9.59 Å². The monoisotopic (exact) mass is 244 g/mol. The summed E-state index contributed by atoms with van der Waals surface area (Å²) < 4.78 is 4.95. The standard InChI is InChI=1S/C11H20N2O4/c1-5-7(12)6-8(9(14)15)13-10(16)17-11(2,3)4/h5,7-8H,1,6,12H2,2-4H3,(H,13,16)(H,14,15). The molecule has 0 bridgehead atoms. The third-order valence-corrected chi connectivity index (χ3v) is 1.80. The van der Waals surface area contributed by atoms with E-state index < -0.39 is 29.7 Å². The maximum atomic E-state index is 11.4. The Labute approximate surface area is 101 Å². The summed E-state index contributed by atoms with van der Waals surface area (Å²) in [6, 6.07) is -1.58. The highest BCUT2D eigenvalue weighted by atomic mass is 16.6. The van der Waals surface area contributed by atoms with Gasteiger partial charge in [0.2, 0.25) is 0 Å². The number of carboxylic acids is 1. The molecule has 0 saturated carbocycles. The van der Waals surface area contributed by atoms with Gasteiger partial charge >= 0.3 is 12.1 Å². The number of amides is 1. The summed E-state index contributed by atoms with van der Waals surface area (Å²) in [6.45, 7) is 8.53. The van der Waals surface area contributed by atoms with Gasteiger partial charge in [-0.1, -0.05) is 6.08 Å². The Bertz CT molecular complexity index is 296. The Morgan fingerprint density at radius 2 is 2.06 bits per heavy atom. The fraction of sp³-hybridized carbons (Fsp3) is 0.636. The molecular weight excluding hydrogens is 224 g/mol. The summed E-state index contributed by atoms with van der Waals surface area (Å²) in [7, 11) is 0. The first-order valence-corrected chi connectivity index (χ1v) is 5.26. The topological polar surface area (TPSA) is 102 Å². The number of nitrogens with two attached hydrogens (primary N) is 1. The molecule has 0 aromatic rings. The van der Waals surface area contributed by atoms with Crippen LogP contribution < -0.4 is 11.1 Å². The molecule has 0 saturated heterocycles. The van der Waals surface area contributed by atoms with E-state index in [0.29, 0.717) is 0 Å². The largest absolute Gasteiger partial charge is 0.480 e. The normalized spacial score (nSPS) is 14.6. The van der Waals surface area contributed by atoms with Crippen LogP contribution in [0, 0.1) is 0 Å². The zero-order chi connectivity index (χ0) is 13.6. The molecule has 0 rings (SSSR count). The number of carbonyl (C=O) groups is 2. The molecule has 0 fully saturated rings. The molecule has 6 heteroatoms. The van der Waals surface area contributed by atoms with Crippen molar-refractivity contribution in [3.05, 3.63) is 12.7 Å². The molecule has 4 N–H and O–H groups in total. The molecule has 0 heterocycles. The highest BCUT2D eigenvalue weighted by molar-refractivity contribution is 5.80. The number of hydrogen-bond donors (Lipinski definition) is 3. The second kappa shape index (κ2) is 6.24. The molecule has 2 unspecified atom stereocenters. The van der Waals surface area contributed by atoms with E-state index in [1.54, 1.807) is 20.8 Å². The lowest BCUT2D eigenvalue weighted by Crippen LogP contribution is -2.46. The second-order valence-corrected chi connectivity index (χ2v) is 4.67. The minimum atomic E-state index is -1.16. The van der Waals surface area contributed by atoms with Gasteiger partial charge in [0, 0.05) is 6.04 Å². The number of carboxylic acid groups (broad SMARTS) is 1. The van der Waals surface area contributed by atoms with Gasteiger partial charge < -0.3 is 20.9 Å². The average molecular weight is 244 g/mol. The molecule has 0 aliphatic rings. The zero-order valence-corrected chi connectivity index (χ0v) is 10.4. The fourth-order valence-corrected chi connectivity index (χ4v) is 1.04. The zero-order valence-electron chi connectivity index (χ0n) is 10.4. The van der Waals surface area contributed by atoms with Crippen LogP contribution in [0.2, 0.25) is 0 Å². The van der Waals surface area contributed by atoms with Gasteiger partial charge in [-0.05, 0) is 27.2 Å². The summed E-state index contributed by atoms with van der Waals surface area (Å²) in [6.07, 6.45) is 0.714. The second-order valence-electron chi connectivity index (χ2n) is 4.67. The van der Waals surface area contributed by atoms with Crippen molar-refractivity contribution >= 4 is 12.1 Å². The van der Waals surface area contributed by atoms with E-state index in [2.05, 4.69) is 11.9 Å². The van der Waals surface area contributed by atoms with Gasteiger partial charge in [0.15, 0.2) is 0 Å². The van der Waals surface area contributed by atoms with Crippen LogP contribution in [0.15, 0.2) is 12.7 Å². The number of nitrogens with one attached hydrogen (secondary N) is 1. The minimum absolute atomic E-state index is 0.0675. The van der Waals surface area contributed by atoms with Gasteiger partial charge in [0.05, 0.1) is 0 Å². The third-order valence-electron chi connectivity index (χ3n) is 1.80. The Morgan fingerprint density at radius 3 is 2.41 bits per heavy atom. The molecule has 1 amide bonds. The van der Waals surface area contributed by atoms with E-state index in [1.807, 2.05) is 0 Å². The fourth-order valence-electron chi connectivity index (χ4n) is 1.04. The SMILES string of the molecule is C=CC(N)CC(NC(=O)OC(C)(C)C)C(=O)O. The molecule has 17 heavy (non-hydrogen) atoms. The van der Waals surface area contributed by atoms with Crippen molar-refractivity contribution in [1.29, 1.82) is 0 Å². The van der Waals surface area contributed by atoms with Crippen molar-refractivity contribution in [2.45, 2.75) is 44.9 Å². The maximum absolute atomic E-state index is 11.4. The van der Waals surface area contributed by atoms with Crippen LogP contribution in [0.4, 0.5) is 4.79 Å². The Balaban J connectivity index is 4.40. The van der Waals surface area contributed by atoms with Crippen LogP contribution in [-0.2, 0) is 9.53 Å². The van der Waals surface area contributed by atoms with Crippen molar-refractivity contribution in [1.82, 2.24) is 5.32 Å². The highest BCUT2D eigenvalue weighted by Gasteiger charge is 2.24. The van der Waals surface area contributed by atoms with Gasteiger partial charge in [0.25, 0.3) is 0 Å². The maximum Gasteiger partial charge on any atom is 0.408 e. The quantitative estimate of drug-likeness (QED) is 0.623. The lowest BCUT2D eigenvalue weighted by molar-refractivity contribution is -0.139. The molecule has 0 aliphatic heterocycles. The molecule has 6 nitrogen and oxygen atoms in total. The molecular formula is C11H20N2O4.